The Morgan fingerprint density at radius 2 is 2.07 bits per heavy atom. The van der Waals surface area contributed by atoms with E-state index in [-0.39, 0.29) is 23.1 Å². The van der Waals surface area contributed by atoms with E-state index in [1.165, 1.54) is 11.8 Å². The molecule has 1 aromatic rings. The number of hydrogen-bond acceptors (Lipinski definition) is 6. The Kier molecular flexibility index (Phi) is 7.16. The molecule has 0 aromatic heterocycles. The molecule has 0 spiro atoms. The zero-order chi connectivity index (χ0) is 20.2. The second-order valence-corrected chi connectivity index (χ2v) is 10.3. The molecule has 0 radical (unpaired) electrons. The molecule has 3 unspecified atom stereocenters. The molecule has 0 aliphatic carbocycles. The number of ether oxygens (including phenoxy) is 1. The Bertz CT molecular complexity index is 836. The normalized spacial score (nSPS) is 20.6. The maximum Gasteiger partial charge on any atom is 0.338 e. The van der Waals surface area contributed by atoms with Crippen molar-refractivity contribution in [1.82, 2.24) is 4.90 Å². The summed E-state index contributed by atoms with van der Waals surface area (Å²) in [6.45, 7) is 3.60. The zero-order valence-electron chi connectivity index (χ0n) is 15.7. The number of amides is 1. The molecule has 1 aliphatic heterocycles. The Morgan fingerprint density at radius 3 is 2.63 bits per heavy atom. The summed E-state index contributed by atoms with van der Waals surface area (Å²) in [5.74, 6) is -0.700. The van der Waals surface area contributed by atoms with E-state index in [0.717, 1.165) is 5.56 Å². The van der Waals surface area contributed by atoms with Crippen LogP contribution in [0.3, 0.4) is 0 Å². The Balaban J connectivity index is 2.04. The van der Waals surface area contributed by atoms with E-state index in [9.17, 15) is 22.2 Å². The lowest BCUT2D eigenvalue weighted by Gasteiger charge is -2.29. The fourth-order valence-corrected chi connectivity index (χ4v) is 5.53. The summed E-state index contributed by atoms with van der Waals surface area (Å²) < 4.78 is 40.0. The van der Waals surface area contributed by atoms with E-state index in [4.69, 9.17) is 4.74 Å². The predicted octanol–water partition coefficient (Wildman–Crippen LogP) is 1.15. The van der Waals surface area contributed by atoms with Crippen molar-refractivity contribution in [2.24, 2.45) is 0 Å². The lowest BCUT2D eigenvalue weighted by atomic mass is 10.1. The first-order valence-electron chi connectivity index (χ1n) is 8.73. The van der Waals surface area contributed by atoms with E-state index >= 15 is 0 Å². The van der Waals surface area contributed by atoms with E-state index in [2.05, 4.69) is 0 Å². The van der Waals surface area contributed by atoms with Gasteiger partial charge in [-0.05, 0) is 38.0 Å². The molecule has 1 aliphatic rings. The molecule has 1 heterocycles. The summed E-state index contributed by atoms with van der Waals surface area (Å²) in [4.78, 5) is 26.5. The second-order valence-electron chi connectivity index (χ2n) is 6.65. The SMILES string of the molecule is CCN(C(=O)C(C)OC(=O)c1cccc(CS(C)=O)c1)C1CCS(=O)(=O)C1. The van der Waals surface area contributed by atoms with Crippen molar-refractivity contribution in [1.29, 1.82) is 0 Å². The Morgan fingerprint density at radius 1 is 1.37 bits per heavy atom. The van der Waals surface area contributed by atoms with Crippen LogP contribution in [0.5, 0.6) is 0 Å². The monoisotopic (exact) mass is 415 g/mol. The van der Waals surface area contributed by atoms with Crippen LogP contribution in [0.4, 0.5) is 0 Å². The number of esters is 1. The summed E-state index contributed by atoms with van der Waals surface area (Å²) in [6.07, 6.45) is 0.956. The highest BCUT2D eigenvalue weighted by atomic mass is 32.2. The molecule has 9 heteroatoms. The molecule has 150 valence electrons. The fraction of sp³-hybridized carbons (Fsp3) is 0.556. The van der Waals surface area contributed by atoms with Gasteiger partial charge in [-0.25, -0.2) is 13.2 Å². The maximum atomic E-state index is 12.7. The van der Waals surface area contributed by atoms with Gasteiger partial charge in [0, 0.05) is 35.4 Å². The average molecular weight is 416 g/mol. The van der Waals surface area contributed by atoms with Gasteiger partial charge in [-0.2, -0.15) is 0 Å². The minimum Gasteiger partial charge on any atom is -0.449 e. The van der Waals surface area contributed by atoms with Crippen LogP contribution in [-0.4, -0.2) is 65.9 Å². The number of likely N-dealkylation sites (N-methyl/N-ethyl adjacent to an activating group) is 1. The maximum absolute atomic E-state index is 12.7. The molecule has 0 saturated carbocycles. The smallest absolute Gasteiger partial charge is 0.338 e. The highest BCUT2D eigenvalue weighted by Crippen LogP contribution is 2.19. The van der Waals surface area contributed by atoms with Crippen LogP contribution < -0.4 is 0 Å². The van der Waals surface area contributed by atoms with Crippen molar-refractivity contribution < 1.29 is 27.0 Å². The van der Waals surface area contributed by atoms with Gasteiger partial charge >= 0.3 is 5.97 Å². The van der Waals surface area contributed by atoms with E-state index in [1.54, 1.807) is 37.4 Å². The summed E-state index contributed by atoms with van der Waals surface area (Å²) in [6, 6.07) is 6.24. The first-order valence-corrected chi connectivity index (χ1v) is 12.3. The molecule has 27 heavy (non-hydrogen) atoms. The molecule has 0 bridgehead atoms. The third kappa shape index (κ3) is 5.87. The van der Waals surface area contributed by atoms with E-state index in [0.29, 0.717) is 18.7 Å². The third-order valence-electron chi connectivity index (χ3n) is 4.44. The molecule has 1 aromatic carbocycles. The lowest BCUT2D eigenvalue weighted by molar-refractivity contribution is -0.141. The van der Waals surface area contributed by atoms with Gasteiger partial charge in [-0.1, -0.05) is 12.1 Å². The lowest BCUT2D eigenvalue weighted by Crippen LogP contribution is -2.46. The van der Waals surface area contributed by atoms with Crippen molar-refractivity contribution in [3.8, 4) is 0 Å². The molecular formula is C18H25NO6S2. The molecule has 0 N–H and O–H groups in total. The van der Waals surface area contributed by atoms with Crippen molar-refractivity contribution >= 4 is 32.5 Å². The molecule has 7 nitrogen and oxygen atoms in total. The highest BCUT2D eigenvalue weighted by Gasteiger charge is 2.36. The zero-order valence-corrected chi connectivity index (χ0v) is 17.3. The van der Waals surface area contributed by atoms with Crippen LogP contribution in [0.2, 0.25) is 0 Å². The molecule has 3 atom stereocenters. The van der Waals surface area contributed by atoms with Crippen LogP contribution in [0.15, 0.2) is 24.3 Å². The van der Waals surface area contributed by atoms with Crippen molar-refractivity contribution in [2.45, 2.75) is 38.2 Å². The van der Waals surface area contributed by atoms with Crippen LogP contribution in [-0.2, 0) is 35.9 Å². The fourth-order valence-electron chi connectivity index (χ4n) is 3.15. The van der Waals surface area contributed by atoms with Crippen LogP contribution in [0, 0.1) is 0 Å². The first-order chi connectivity index (χ1) is 12.6. The van der Waals surface area contributed by atoms with E-state index in [1.807, 2.05) is 0 Å². The van der Waals surface area contributed by atoms with Crippen molar-refractivity contribution in [3.63, 3.8) is 0 Å². The van der Waals surface area contributed by atoms with E-state index < -0.39 is 38.6 Å². The van der Waals surface area contributed by atoms with Crippen molar-refractivity contribution in [3.05, 3.63) is 35.4 Å². The topological polar surface area (TPSA) is 97.8 Å². The number of nitrogens with zero attached hydrogens (tertiary/aromatic N) is 1. The van der Waals surface area contributed by atoms with Crippen LogP contribution in [0.25, 0.3) is 0 Å². The molecule has 1 saturated heterocycles. The number of carbonyl (C=O) groups excluding carboxylic acids is 2. The van der Waals surface area contributed by atoms with Gasteiger partial charge in [0.15, 0.2) is 15.9 Å². The van der Waals surface area contributed by atoms with Gasteiger partial charge in [-0.3, -0.25) is 9.00 Å². The summed E-state index contributed by atoms with van der Waals surface area (Å²) in [5.41, 5.74) is 1.03. The van der Waals surface area contributed by atoms with Gasteiger partial charge in [0.2, 0.25) is 0 Å². The predicted molar refractivity (Wildman–Crippen MR) is 104 cm³/mol. The number of rotatable bonds is 7. The van der Waals surface area contributed by atoms with Gasteiger partial charge in [-0.15, -0.1) is 0 Å². The van der Waals surface area contributed by atoms with Crippen LogP contribution in [0.1, 0.15) is 36.2 Å². The number of sulfone groups is 1. The summed E-state index contributed by atoms with van der Waals surface area (Å²) >= 11 is 0. The van der Waals surface area contributed by atoms with Gasteiger partial charge < -0.3 is 9.64 Å². The summed E-state index contributed by atoms with van der Waals surface area (Å²) in [5, 5.41) is 0. The quantitative estimate of drug-likeness (QED) is 0.620. The minimum absolute atomic E-state index is 0.0521. The second kappa shape index (κ2) is 8.97. The number of carbonyl (C=O) groups is 2. The highest BCUT2D eigenvalue weighted by molar-refractivity contribution is 7.91. The Labute approximate surface area is 162 Å². The van der Waals surface area contributed by atoms with Gasteiger partial charge in [0.25, 0.3) is 5.91 Å². The summed E-state index contributed by atoms with van der Waals surface area (Å²) in [7, 11) is -4.15. The average Bonchev–Trinajstić information content (AvgIpc) is 2.94. The molecule has 1 amide bonds. The van der Waals surface area contributed by atoms with Gasteiger partial charge in [0.05, 0.1) is 17.1 Å². The van der Waals surface area contributed by atoms with Crippen molar-refractivity contribution in [2.75, 3.05) is 24.3 Å². The largest absolute Gasteiger partial charge is 0.449 e. The minimum atomic E-state index is -3.12. The van der Waals surface area contributed by atoms with Gasteiger partial charge in [0.1, 0.15) is 0 Å². The molecular weight excluding hydrogens is 390 g/mol. The third-order valence-corrected chi connectivity index (χ3v) is 6.93. The number of hydrogen-bond donors (Lipinski definition) is 0. The Hall–Kier alpha value is -1.74. The molecule has 2 rings (SSSR count). The van der Waals surface area contributed by atoms with Crippen LogP contribution >= 0.6 is 0 Å². The first kappa shape index (κ1) is 21.6. The number of benzene rings is 1. The standard InChI is InChI=1S/C18H25NO6S2/c1-4-19(16-8-9-27(23,24)12-16)17(20)13(2)25-18(21)15-7-5-6-14(10-15)11-26(3)22/h5-7,10,13,16H,4,8-9,11-12H2,1-3H3. The molecule has 1 fully saturated rings.